The van der Waals surface area contributed by atoms with Crippen molar-refractivity contribution in [3.05, 3.63) is 47.0 Å². The molecule has 18 heavy (non-hydrogen) atoms. The first-order chi connectivity index (χ1) is 8.72. The van der Waals surface area contributed by atoms with Gasteiger partial charge in [0.1, 0.15) is 0 Å². The molecular weight excluding hydrogens is 248 g/mol. The molecule has 2 rings (SSSR count). The molecule has 0 spiro atoms. The van der Waals surface area contributed by atoms with Crippen LogP contribution in [0.2, 0.25) is 5.02 Å². The highest BCUT2D eigenvalue weighted by Crippen LogP contribution is 2.25. The number of aryl methyl sites for hydroxylation is 1. The molecule has 0 aliphatic rings. The van der Waals surface area contributed by atoms with Crippen molar-refractivity contribution in [1.29, 1.82) is 0 Å². The van der Waals surface area contributed by atoms with Crippen molar-refractivity contribution in [1.82, 2.24) is 20.1 Å². The van der Waals surface area contributed by atoms with Crippen LogP contribution in [0.25, 0.3) is 0 Å². The van der Waals surface area contributed by atoms with Gasteiger partial charge in [0.25, 0.3) is 0 Å². The number of hydrogen-bond acceptors (Lipinski definition) is 3. The van der Waals surface area contributed by atoms with Crippen LogP contribution in [-0.2, 0) is 7.05 Å². The van der Waals surface area contributed by atoms with Crippen molar-refractivity contribution in [2.45, 2.75) is 19.4 Å². The monoisotopic (exact) mass is 264 g/mol. The maximum Gasteiger partial charge on any atom is 0.0805 e. The normalized spacial score (nSPS) is 12.6. The van der Waals surface area contributed by atoms with Crippen LogP contribution >= 0.6 is 11.6 Å². The number of pyridine rings is 1. The smallest absolute Gasteiger partial charge is 0.0805 e. The van der Waals surface area contributed by atoms with Gasteiger partial charge in [-0.15, -0.1) is 0 Å². The number of aromatic nitrogens is 3. The van der Waals surface area contributed by atoms with Gasteiger partial charge in [-0.05, 0) is 25.1 Å². The highest BCUT2D eigenvalue weighted by atomic mass is 35.5. The molecule has 1 unspecified atom stereocenters. The van der Waals surface area contributed by atoms with Crippen LogP contribution in [-0.4, -0.2) is 21.3 Å². The first-order valence-corrected chi connectivity index (χ1v) is 6.42. The fraction of sp³-hybridized carbons (Fsp3) is 0.385. The lowest BCUT2D eigenvalue weighted by Crippen LogP contribution is -2.24. The second-order valence-electron chi connectivity index (χ2n) is 4.20. The quantitative estimate of drug-likeness (QED) is 0.903. The molecule has 2 heterocycles. The molecule has 0 aliphatic heterocycles. The summed E-state index contributed by atoms with van der Waals surface area (Å²) in [7, 11) is 1.90. The molecule has 1 N–H and O–H groups in total. The summed E-state index contributed by atoms with van der Waals surface area (Å²) in [6, 6.07) is 3.69. The molecule has 0 bridgehead atoms. The summed E-state index contributed by atoms with van der Waals surface area (Å²) in [5, 5.41) is 8.34. The van der Waals surface area contributed by atoms with Crippen LogP contribution in [0.3, 0.4) is 0 Å². The average Bonchev–Trinajstić information content (AvgIpc) is 2.78. The number of nitrogens with one attached hydrogen (secondary N) is 1. The number of nitrogens with zero attached hydrogens (tertiary/aromatic N) is 3. The number of halogens is 1. The van der Waals surface area contributed by atoms with Gasteiger partial charge in [0, 0.05) is 25.0 Å². The van der Waals surface area contributed by atoms with Gasteiger partial charge in [0.05, 0.1) is 23.0 Å². The second-order valence-corrected chi connectivity index (χ2v) is 4.61. The van der Waals surface area contributed by atoms with E-state index in [2.05, 4.69) is 22.3 Å². The molecule has 96 valence electrons. The lowest BCUT2D eigenvalue weighted by Gasteiger charge is -2.17. The van der Waals surface area contributed by atoms with E-state index in [1.54, 1.807) is 10.9 Å². The molecule has 2 aromatic heterocycles. The molecule has 0 amide bonds. The summed E-state index contributed by atoms with van der Waals surface area (Å²) in [6.45, 7) is 3.04. The molecule has 1 atom stereocenters. The summed E-state index contributed by atoms with van der Waals surface area (Å²) in [6.07, 6.45) is 6.65. The maximum absolute atomic E-state index is 6.22. The Morgan fingerprint density at radius 3 is 2.94 bits per heavy atom. The van der Waals surface area contributed by atoms with Gasteiger partial charge in [0.2, 0.25) is 0 Å². The first kappa shape index (κ1) is 13.1. The Labute approximate surface area is 112 Å². The second kappa shape index (κ2) is 5.98. The fourth-order valence-electron chi connectivity index (χ4n) is 1.86. The number of rotatable bonds is 5. The highest BCUT2D eigenvalue weighted by Gasteiger charge is 2.18. The van der Waals surface area contributed by atoms with Crippen molar-refractivity contribution < 1.29 is 0 Å². The van der Waals surface area contributed by atoms with Crippen LogP contribution in [0.1, 0.15) is 30.6 Å². The molecule has 5 heteroatoms. The minimum atomic E-state index is -0.00708. The molecule has 0 aromatic carbocycles. The zero-order chi connectivity index (χ0) is 13.0. The predicted octanol–water partition coefficient (Wildman–Crippen LogP) is 2.56. The van der Waals surface area contributed by atoms with Crippen LogP contribution in [0, 0.1) is 0 Å². The van der Waals surface area contributed by atoms with Crippen LogP contribution in [0.5, 0.6) is 0 Å². The Morgan fingerprint density at radius 2 is 2.33 bits per heavy atom. The van der Waals surface area contributed by atoms with Crippen molar-refractivity contribution in [3.63, 3.8) is 0 Å². The van der Waals surface area contributed by atoms with Gasteiger partial charge < -0.3 is 5.32 Å². The summed E-state index contributed by atoms with van der Waals surface area (Å²) in [4.78, 5) is 4.39. The van der Waals surface area contributed by atoms with Gasteiger partial charge in [-0.1, -0.05) is 18.5 Å². The molecule has 0 saturated heterocycles. The van der Waals surface area contributed by atoms with E-state index in [-0.39, 0.29) is 6.04 Å². The van der Waals surface area contributed by atoms with Crippen LogP contribution in [0.15, 0.2) is 30.7 Å². The van der Waals surface area contributed by atoms with Crippen molar-refractivity contribution in [2.24, 2.45) is 7.05 Å². The third kappa shape index (κ3) is 2.89. The van der Waals surface area contributed by atoms with E-state index in [4.69, 9.17) is 11.6 Å². The Hall–Kier alpha value is -1.39. The highest BCUT2D eigenvalue weighted by molar-refractivity contribution is 6.31. The molecule has 0 radical (unpaired) electrons. The Balaban J connectivity index is 2.33. The predicted molar refractivity (Wildman–Crippen MR) is 72.6 cm³/mol. The van der Waals surface area contributed by atoms with E-state index in [0.29, 0.717) is 5.02 Å². The van der Waals surface area contributed by atoms with Crippen molar-refractivity contribution in [2.75, 3.05) is 6.54 Å². The van der Waals surface area contributed by atoms with Crippen LogP contribution < -0.4 is 5.32 Å². The van der Waals surface area contributed by atoms with E-state index in [1.165, 1.54) is 0 Å². The number of hydrogen-bond donors (Lipinski definition) is 1. The fourth-order valence-corrected chi connectivity index (χ4v) is 2.09. The van der Waals surface area contributed by atoms with E-state index in [1.807, 2.05) is 31.6 Å². The molecular formula is C13H17ClN4. The van der Waals surface area contributed by atoms with Gasteiger partial charge in [-0.2, -0.15) is 5.10 Å². The summed E-state index contributed by atoms with van der Waals surface area (Å²) >= 11 is 6.22. The zero-order valence-electron chi connectivity index (χ0n) is 10.6. The Morgan fingerprint density at radius 1 is 1.50 bits per heavy atom. The first-order valence-electron chi connectivity index (χ1n) is 6.04. The Bertz CT molecular complexity index is 509. The van der Waals surface area contributed by atoms with E-state index >= 15 is 0 Å². The lowest BCUT2D eigenvalue weighted by atomic mass is 10.1. The maximum atomic E-state index is 6.22. The largest absolute Gasteiger partial charge is 0.305 e. The van der Waals surface area contributed by atoms with E-state index in [0.717, 1.165) is 24.2 Å². The van der Waals surface area contributed by atoms with E-state index in [9.17, 15) is 0 Å². The molecule has 2 aromatic rings. The van der Waals surface area contributed by atoms with E-state index < -0.39 is 0 Å². The third-order valence-corrected chi connectivity index (χ3v) is 3.04. The van der Waals surface area contributed by atoms with Gasteiger partial charge in [0.15, 0.2) is 0 Å². The third-order valence-electron chi connectivity index (χ3n) is 2.72. The topological polar surface area (TPSA) is 42.7 Å². The van der Waals surface area contributed by atoms with Crippen LogP contribution in [0.4, 0.5) is 0 Å². The SMILES string of the molecule is CCCNC(c1cnn(C)c1)c1ncccc1Cl. The molecule has 0 saturated carbocycles. The zero-order valence-corrected chi connectivity index (χ0v) is 11.4. The van der Waals surface area contributed by atoms with Gasteiger partial charge >= 0.3 is 0 Å². The lowest BCUT2D eigenvalue weighted by molar-refractivity contribution is 0.586. The van der Waals surface area contributed by atoms with Crippen molar-refractivity contribution in [3.8, 4) is 0 Å². The molecule has 0 fully saturated rings. The minimum Gasteiger partial charge on any atom is -0.305 e. The summed E-state index contributed by atoms with van der Waals surface area (Å²) in [5.74, 6) is 0. The average molecular weight is 265 g/mol. The minimum absolute atomic E-state index is 0.00708. The summed E-state index contributed by atoms with van der Waals surface area (Å²) < 4.78 is 1.78. The van der Waals surface area contributed by atoms with Gasteiger partial charge in [-0.3, -0.25) is 9.67 Å². The summed E-state index contributed by atoms with van der Waals surface area (Å²) in [5.41, 5.74) is 1.92. The van der Waals surface area contributed by atoms with Crippen molar-refractivity contribution >= 4 is 11.6 Å². The molecule has 0 aliphatic carbocycles. The standard InChI is InChI=1S/C13H17ClN4/c1-3-6-15-12(10-8-17-18(2)9-10)13-11(14)5-4-7-16-13/h4-5,7-9,12,15H,3,6H2,1-2H3. The van der Waals surface area contributed by atoms with Gasteiger partial charge in [-0.25, -0.2) is 0 Å². The molecule has 4 nitrogen and oxygen atoms in total. The Kier molecular flexibility index (Phi) is 4.33.